The molecule has 28 heavy (non-hydrogen) atoms. The summed E-state index contributed by atoms with van der Waals surface area (Å²) in [5.74, 6) is 3.04. The number of nitrogens with zero attached hydrogens (tertiary/aromatic N) is 4. The molecule has 0 bridgehead atoms. The third-order valence-electron chi connectivity index (χ3n) is 3.86. The van der Waals surface area contributed by atoms with Crippen molar-refractivity contribution in [1.29, 1.82) is 0 Å². The Hall–Kier alpha value is -3.33. The summed E-state index contributed by atoms with van der Waals surface area (Å²) < 4.78 is 21.5. The van der Waals surface area contributed by atoms with Crippen LogP contribution in [0.1, 0.15) is 5.89 Å². The maximum Gasteiger partial charge on any atom is 0.277 e. The second-order valence-electron chi connectivity index (χ2n) is 5.61. The van der Waals surface area contributed by atoms with Crippen LogP contribution in [0.4, 0.5) is 0 Å². The van der Waals surface area contributed by atoms with Crippen molar-refractivity contribution in [2.45, 2.75) is 11.0 Å². The predicted molar refractivity (Wildman–Crippen MR) is 102 cm³/mol. The Morgan fingerprint density at radius 3 is 2.54 bits per heavy atom. The van der Waals surface area contributed by atoms with Gasteiger partial charge in [-0.1, -0.05) is 35.1 Å². The van der Waals surface area contributed by atoms with Gasteiger partial charge in [-0.3, -0.25) is 0 Å². The van der Waals surface area contributed by atoms with Gasteiger partial charge in [-0.15, -0.1) is 10.2 Å². The summed E-state index contributed by atoms with van der Waals surface area (Å²) >= 11 is 1.33. The molecule has 2 heterocycles. The highest BCUT2D eigenvalue weighted by Gasteiger charge is 2.14. The topological polar surface area (TPSA) is 96.3 Å². The van der Waals surface area contributed by atoms with Crippen LogP contribution in [0.3, 0.4) is 0 Å². The lowest BCUT2D eigenvalue weighted by molar-refractivity contribution is 0.355. The summed E-state index contributed by atoms with van der Waals surface area (Å²) in [4.78, 5) is 4.41. The van der Waals surface area contributed by atoms with Crippen molar-refractivity contribution in [1.82, 2.24) is 20.3 Å². The first-order valence-electron chi connectivity index (χ1n) is 8.33. The van der Waals surface area contributed by atoms with Crippen LogP contribution in [0.25, 0.3) is 22.8 Å². The summed E-state index contributed by atoms with van der Waals surface area (Å²) in [6.07, 6.45) is 0. The lowest BCUT2D eigenvalue weighted by Gasteiger charge is -2.07. The molecule has 8 nitrogen and oxygen atoms in total. The van der Waals surface area contributed by atoms with E-state index in [1.165, 1.54) is 11.8 Å². The Labute approximate surface area is 164 Å². The zero-order valence-electron chi connectivity index (χ0n) is 15.2. The highest BCUT2D eigenvalue weighted by atomic mass is 32.2. The quantitative estimate of drug-likeness (QED) is 0.428. The van der Waals surface area contributed by atoms with Gasteiger partial charge in [-0.2, -0.15) is 4.98 Å². The number of hydrogen-bond donors (Lipinski definition) is 0. The minimum atomic E-state index is 0.413. The number of hydrogen-bond acceptors (Lipinski definition) is 9. The smallest absolute Gasteiger partial charge is 0.277 e. The van der Waals surface area contributed by atoms with E-state index in [0.717, 1.165) is 11.1 Å². The summed E-state index contributed by atoms with van der Waals surface area (Å²) in [5, 5.41) is 12.6. The first kappa shape index (κ1) is 18.1. The van der Waals surface area contributed by atoms with Crippen LogP contribution in [0.15, 0.2) is 62.7 Å². The van der Waals surface area contributed by atoms with Gasteiger partial charge in [0.05, 0.1) is 20.0 Å². The van der Waals surface area contributed by atoms with E-state index >= 15 is 0 Å². The van der Waals surface area contributed by atoms with E-state index in [1.54, 1.807) is 26.4 Å². The van der Waals surface area contributed by atoms with E-state index in [9.17, 15) is 0 Å². The lowest BCUT2D eigenvalue weighted by Crippen LogP contribution is -1.91. The van der Waals surface area contributed by atoms with E-state index in [1.807, 2.05) is 36.4 Å². The molecule has 0 unspecified atom stereocenters. The van der Waals surface area contributed by atoms with Crippen LogP contribution in [0, 0.1) is 0 Å². The third-order valence-corrected chi connectivity index (χ3v) is 4.66. The van der Waals surface area contributed by atoms with E-state index in [0.29, 0.717) is 40.1 Å². The number of aromatic nitrogens is 4. The van der Waals surface area contributed by atoms with Gasteiger partial charge in [0.25, 0.3) is 5.22 Å². The van der Waals surface area contributed by atoms with Crippen molar-refractivity contribution < 1.29 is 18.4 Å². The van der Waals surface area contributed by atoms with Crippen LogP contribution in [0.2, 0.25) is 0 Å². The van der Waals surface area contributed by atoms with Crippen LogP contribution >= 0.6 is 11.8 Å². The minimum absolute atomic E-state index is 0.413. The van der Waals surface area contributed by atoms with Gasteiger partial charge in [-0.25, -0.2) is 0 Å². The van der Waals surface area contributed by atoms with Gasteiger partial charge < -0.3 is 18.4 Å². The molecular formula is C19H16N4O4S. The van der Waals surface area contributed by atoms with Gasteiger partial charge in [0, 0.05) is 11.1 Å². The highest BCUT2D eigenvalue weighted by molar-refractivity contribution is 7.98. The molecule has 2 aromatic carbocycles. The number of ether oxygens (including phenoxy) is 2. The standard InChI is InChI=1S/C19H16N4O4S/c1-24-14-9-8-13(10-15(14)25-2)17-20-16(27-23-17)11-28-19-22-21-18(26-19)12-6-4-3-5-7-12/h3-10H,11H2,1-2H3. The Balaban J connectivity index is 1.44. The molecule has 0 fully saturated rings. The summed E-state index contributed by atoms with van der Waals surface area (Å²) in [6.45, 7) is 0. The number of methoxy groups -OCH3 is 2. The molecule has 0 aliphatic heterocycles. The summed E-state index contributed by atoms with van der Waals surface area (Å²) in [6, 6.07) is 15.0. The van der Waals surface area contributed by atoms with Crippen molar-refractivity contribution >= 4 is 11.8 Å². The second-order valence-corrected chi connectivity index (χ2v) is 6.54. The van der Waals surface area contributed by atoms with Gasteiger partial charge in [-0.05, 0) is 30.3 Å². The fraction of sp³-hybridized carbons (Fsp3) is 0.158. The fourth-order valence-electron chi connectivity index (χ4n) is 2.50. The molecule has 0 N–H and O–H groups in total. The van der Waals surface area contributed by atoms with Gasteiger partial charge in [0.2, 0.25) is 17.6 Å². The maximum atomic E-state index is 5.66. The molecule has 0 saturated carbocycles. The second kappa shape index (κ2) is 8.13. The normalized spacial score (nSPS) is 10.8. The zero-order valence-corrected chi connectivity index (χ0v) is 16.0. The van der Waals surface area contributed by atoms with Gasteiger partial charge in [0.15, 0.2) is 11.5 Å². The van der Waals surface area contributed by atoms with Crippen LogP contribution in [0.5, 0.6) is 11.5 Å². The average molecular weight is 396 g/mol. The first-order chi connectivity index (χ1) is 13.8. The largest absolute Gasteiger partial charge is 0.493 e. The fourth-order valence-corrected chi connectivity index (χ4v) is 3.10. The van der Waals surface area contributed by atoms with Gasteiger partial charge >= 0.3 is 0 Å². The molecule has 9 heteroatoms. The lowest BCUT2D eigenvalue weighted by atomic mass is 10.2. The molecule has 2 aromatic heterocycles. The van der Waals surface area contributed by atoms with E-state index in [2.05, 4.69) is 20.3 Å². The first-order valence-corrected chi connectivity index (χ1v) is 9.32. The maximum absolute atomic E-state index is 5.66. The molecular weight excluding hydrogens is 380 g/mol. The molecule has 142 valence electrons. The van der Waals surface area contributed by atoms with E-state index in [4.69, 9.17) is 18.4 Å². The molecule has 0 amide bonds. The Morgan fingerprint density at radius 1 is 0.929 bits per heavy atom. The van der Waals surface area contributed by atoms with Crippen molar-refractivity contribution in [3.05, 3.63) is 54.4 Å². The van der Waals surface area contributed by atoms with Crippen molar-refractivity contribution in [3.8, 4) is 34.3 Å². The summed E-state index contributed by atoms with van der Waals surface area (Å²) in [5.41, 5.74) is 1.64. The van der Waals surface area contributed by atoms with Crippen molar-refractivity contribution in [2.75, 3.05) is 14.2 Å². The van der Waals surface area contributed by atoms with Crippen LogP contribution < -0.4 is 9.47 Å². The summed E-state index contributed by atoms with van der Waals surface area (Å²) in [7, 11) is 3.16. The third kappa shape index (κ3) is 3.84. The number of benzene rings is 2. The van der Waals surface area contributed by atoms with Crippen LogP contribution in [-0.2, 0) is 5.75 Å². The van der Waals surface area contributed by atoms with E-state index < -0.39 is 0 Å². The van der Waals surface area contributed by atoms with Crippen LogP contribution in [-0.4, -0.2) is 34.6 Å². The molecule has 0 spiro atoms. The average Bonchev–Trinajstić information content (AvgIpc) is 3.42. The monoisotopic (exact) mass is 396 g/mol. The number of thioether (sulfide) groups is 1. The predicted octanol–water partition coefficient (Wildman–Crippen LogP) is 4.10. The molecule has 0 aliphatic rings. The molecule has 4 rings (SSSR count). The Kier molecular flexibility index (Phi) is 5.24. The molecule has 0 aliphatic carbocycles. The molecule has 0 saturated heterocycles. The zero-order chi connectivity index (χ0) is 19.3. The van der Waals surface area contributed by atoms with Gasteiger partial charge in [0.1, 0.15) is 0 Å². The molecule has 4 aromatic rings. The van der Waals surface area contributed by atoms with Crippen molar-refractivity contribution in [3.63, 3.8) is 0 Å². The van der Waals surface area contributed by atoms with E-state index in [-0.39, 0.29) is 0 Å². The molecule has 0 atom stereocenters. The minimum Gasteiger partial charge on any atom is -0.493 e. The Morgan fingerprint density at radius 2 is 1.75 bits per heavy atom. The highest BCUT2D eigenvalue weighted by Crippen LogP contribution is 2.32. The number of rotatable bonds is 7. The Bertz CT molecular complexity index is 1060. The SMILES string of the molecule is COc1ccc(-c2noc(CSc3nnc(-c4ccccc4)o3)n2)cc1OC. The molecule has 0 radical (unpaired) electrons. The van der Waals surface area contributed by atoms with Crippen molar-refractivity contribution in [2.24, 2.45) is 0 Å².